The molecule has 1 atom stereocenters. The molecule has 3 nitrogen and oxygen atoms in total. The fourth-order valence-corrected chi connectivity index (χ4v) is 1.90. The van der Waals surface area contributed by atoms with E-state index in [1.807, 2.05) is 6.07 Å². The maximum atomic E-state index is 11.8. The lowest BCUT2D eigenvalue weighted by Gasteiger charge is -2.12. The highest BCUT2D eigenvalue weighted by atomic mass is 79.9. The van der Waals surface area contributed by atoms with Crippen molar-refractivity contribution in [2.75, 3.05) is 5.32 Å². The van der Waals surface area contributed by atoms with E-state index in [0.717, 1.165) is 17.3 Å². The van der Waals surface area contributed by atoms with E-state index in [2.05, 4.69) is 28.2 Å². The molecule has 0 aliphatic heterocycles. The Bertz CT molecular complexity index is 398. The molecule has 0 saturated heterocycles. The second-order valence-corrected chi connectivity index (χ2v) is 5.19. The number of benzene rings is 1. The number of nitrogens with two attached hydrogens (primary N) is 1. The molecule has 0 fully saturated rings. The van der Waals surface area contributed by atoms with Gasteiger partial charge >= 0.3 is 0 Å². The maximum absolute atomic E-state index is 11.8. The van der Waals surface area contributed by atoms with Crippen LogP contribution >= 0.6 is 27.5 Å². The van der Waals surface area contributed by atoms with Crippen LogP contribution in [0, 0.1) is 0 Å². The molecule has 5 heteroatoms. The Hall–Kier alpha value is -0.580. The third kappa shape index (κ3) is 4.66. The van der Waals surface area contributed by atoms with Gasteiger partial charge in [-0.1, -0.05) is 47.3 Å². The van der Waals surface area contributed by atoms with Crippen molar-refractivity contribution in [1.29, 1.82) is 0 Å². The molecule has 94 valence electrons. The standard InChI is InChI=1S/C12H16BrClN2O/c1-2-3-4-10(15)12(17)16-11-7-8(13)5-6-9(11)14/h5-7,10H,2-4,15H2,1H3,(H,16,17). The lowest BCUT2D eigenvalue weighted by atomic mass is 10.1. The van der Waals surface area contributed by atoms with Gasteiger partial charge < -0.3 is 11.1 Å². The highest BCUT2D eigenvalue weighted by Gasteiger charge is 2.14. The second kappa shape index (κ2) is 6.99. The number of halogens is 2. The zero-order valence-corrected chi connectivity index (χ0v) is 12.0. The monoisotopic (exact) mass is 318 g/mol. The van der Waals surface area contributed by atoms with Crippen molar-refractivity contribution < 1.29 is 4.79 Å². The summed E-state index contributed by atoms with van der Waals surface area (Å²) in [6.07, 6.45) is 2.66. The summed E-state index contributed by atoms with van der Waals surface area (Å²) >= 11 is 9.30. The van der Waals surface area contributed by atoms with Gasteiger partial charge in [0.15, 0.2) is 0 Å². The lowest BCUT2D eigenvalue weighted by molar-refractivity contribution is -0.117. The summed E-state index contributed by atoms with van der Waals surface area (Å²) in [5.74, 6) is -0.196. The number of unbranched alkanes of at least 4 members (excludes halogenated alkanes) is 1. The third-order valence-electron chi connectivity index (χ3n) is 2.39. The first-order valence-electron chi connectivity index (χ1n) is 5.56. The first kappa shape index (κ1) is 14.5. The Morgan fingerprint density at radius 3 is 2.94 bits per heavy atom. The van der Waals surface area contributed by atoms with Gasteiger partial charge in [0.05, 0.1) is 16.8 Å². The van der Waals surface area contributed by atoms with Crippen LogP contribution in [0.25, 0.3) is 0 Å². The van der Waals surface area contributed by atoms with Crippen molar-refractivity contribution in [2.45, 2.75) is 32.2 Å². The molecule has 17 heavy (non-hydrogen) atoms. The van der Waals surface area contributed by atoms with Crippen molar-refractivity contribution in [3.8, 4) is 0 Å². The van der Waals surface area contributed by atoms with E-state index in [9.17, 15) is 4.79 Å². The first-order valence-corrected chi connectivity index (χ1v) is 6.73. The third-order valence-corrected chi connectivity index (χ3v) is 3.21. The molecule has 0 aliphatic carbocycles. The van der Waals surface area contributed by atoms with Gasteiger partial charge in [0.1, 0.15) is 0 Å². The average molecular weight is 320 g/mol. The van der Waals surface area contributed by atoms with E-state index in [0.29, 0.717) is 17.1 Å². The lowest BCUT2D eigenvalue weighted by Crippen LogP contribution is -2.35. The van der Waals surface area contributed by atoms with Gasteiger partial charge in [0.25, 0.3) is 0 Å². The predicted molar refractivity (Wildman–Crippen MR) is 75.3 cm³/mol. The summed E-state index contributed by atoms with van der Waals surface area (Å²) in [5, 5.41) is 3.24. The average Bonchev–Trinajstić information content (AvgIpc) is 2.30. The zero-order valence-electron chi connectivity index (χ0n) is 9.67. The Balaban J connectivity index is 2.64. The molecule has 0 bridgehead atoms. The number of hydrogen-bond donors (Lipinski definition) is 2. The van der Waals surface area contributed by atoms with Crippen LogP contribution in [0.2, 0.25) is 5.02 Å². The van der Waals surface area contributed by atoms with Gasteiger partial charge in [0, 0.05) is 4.47 Å². The van der Waals surface area contributed by atoms with E-state index in [1.165, 1.54) is 0 Å². The van der Waals surface area contributed by atoms with E-state index >= 15 is 0 Å². The summed E-state index contributed by atoms with van der Waals surface area (Å²) in [6, 6.07) is 4.81. The van der Waals surface area contributed by atoms with Crippen LogP contribution in [0.15, 0.2) is 22.7 Å². The SMILES string of the molecule is CCCCC(N)C(=O)Nc1cc(Br)ccc1Cl. The van der Waals surface area contributed by atoms with Crippen LogP contribution in [0.3, 0.4) is 0 Å². The number of amides is 1. The van der Waals surface area contributed by atoms with Crippen LogP contribution < -0.4 is 11.1 Å². The second-order valence-electron chi connectivity index (χ2n) is 3.86. The van der Waals surface area contributed by atoms with Crippen molar-refractivity contribution >= 4 is 39.1 Å². The van der Waals surface area contributed by atoms with Crippen molar-refractivity contribution in [1.82, 2.24) is 0 Å². The smallest absolute Gasteiger partial charge is 0.241 e. The molecule has 0 aliphatic rings. The molecule has 1 amide bonds. The Morgan fingerprint density at radius 1 is 1.59 bits per heavy atom. The topological polar surface area (TPSA) is 55.1 Å². The van der Waals surface area contributed by atoms with Gasteiger partial charge in [-0.05, 0) is 24.6 Å². The minimum Gasteiger partial charge on any atom is -0.323 e. The molecule has 3 N–H and O–H groups in total. The van der Waals surface area contributed by atoms with Gasteiger partial charge in [-0.15, -0.1) is 0 Å². The van der Waals surface area contributed by atoms with Gasteiger partial charge in [0.2, 0.25) is 5.91 Å². The molecule has 0 saturated carbocycles. The van der Waals surface area contributed by atoms with Gasteiger partial charge in [-0.3, -0.25) is 4.79 Å². The highest BCUT2D eigenvalue weighted by Crippen LogP contribution is 2.25. The summed E-state index contributed by atoms with van der Waals surface area (Å²) in [7, 11) is 0. The predicted octanol–water partition coefficient (Wildman–Crippen LogP) is 3.56. The number of carbonyl (C=O) groups excluding carboxylic acids is 1. The molecule has 0 radical (unpaired) electrons. The first-order chi connectivity index (χ1) is 8.04. The molecule has 1 aromatic carbocycles. The van der Waals surface area contributed by atoms with Crippen LogP contribution in [0.1, 0.15) is 26.2 Å². The molecule has 0 aromatic heterocycles. The summed E-state index contributed by atoms with van der Waals surface area (Å²) in [6.45, 7) is 2.07. The molecule has 1 unspecified atom stereocenters. The molecular weight excluding hydrogens is 304 g/mol. The highest BCUT2D eigenvalue weighted by molar-refractivity contribution is 9.10. The van der Waals surface area contributed by atoms with Crippen LogP contribution in [-0.2, 0) is 4.79 Å². The fourth-order valence-electron chi connectivity index (χ4n) is 1.37. The fraction of sp³-hybridized carbons (Fsp3) is 0.417. The van der Waals surface area contributed by atoms with Gasteiger partial charge in [-0.25, -0.2) is 0 Å². The van der Waals surface area contributed by atoms with E-state index in [1.54, 1.807) is 12.1 Å². The largest absolute Gasteiger partial charge is 0.323 e. The van der Waals surface area contributed by atoms with E-state index in [4.69, 9.17) is 17.3 Å². The normalized spacial score (nSPS) is 12.2. The summed E-state index contributed by atoms with van der Waals surface area (Å²) in [5.41, 5.74) is 6.35. The van der Waals surface area contributed by atoms with Crippen LogP contribution in [-0.4, -0.2) is 11.9 Å². The molecule has 1 rings (SSSR count). The van der Waals surface area contributed by atoms with Crippen molar-refractivity contribution in [3.05, 3.63) is 27.7 Å². The van der Waals surface area contributed by atoms with Crippen LogP contribution in [0.4, 0.5) is 5.69 Å². The Kier molecular flexibility index (Phi) is 5.95. The summed E-state index contributed by atoms with van der Waals surface area (Å²) in [4.78, 5) is 11.8. The zero-order chi connectivity index (χ0) is 12.8. The number of nitrogens with one attached hydrogen (secondary N) is 1. The van der Waals surface area contributed by atoms with Crippen LogP contribution in [0.5, 0.6) is 0 Å². The number of carbonyl (C=O) groups is 1. The molecule has 0 spiro atoms. The van der Waals surface area contributed by atoms with E-state index in [-0.39, 0.29) is 5.91 Å². The Morgan fingerprint density at radius 2 is 2.29 bits per heavy atom. The van der Waals surface area contributed by atoms with Gasteiger partial charge in [-0.2, -0.15) is 0 Å². The number of hydrogen-bond acceptors (Lipinski definition) is 2. The summed E-state index contributed by atoms with van der Waals surface area (Å²) < 4.78 is 0.860. The van der Waals surface area contributed by atoms with Crippen molar-refractivity contribution in [2.24, 2.45) is 5.73 Å². The van der Waals surface area contributed by atoms with E-state index < -0.39 is 6.04 Å². The Labute approximate surface area is 115 Å². The molecule has 0 heterocycles. The minimum absolute atomic E-state index is 0.196. The maximum Gasteiger partial charge on any atom is 0.241 e. The minimum atomic E-state index is -0.481. The number of anilines is 1. The molecular formula is C12H16BrClN2O. The van der Waals surface area contributed by atoms with Crippen molar-refractivity contribution in [3.63, 3.8) is 0 Å². The number of rotatable bonds is 5. The molecule has 1 aromatic rings. The quantitative estimate of drug-likeness (QED) is 0.872.